The zero-order valence-corrected chi connectivity index (χ0v) is 12.9. The maximum absolute atomic E-state index is 12.4. The number of hydrogen-bond donors (Lipinski definition) is 2. The van der Waals surface area contributed by atoms with E-state index in [2.05, 4.69) is 15.4 Å². The molecule has 1 heterocycles. The van der Waals surface area contributed by atoms with Crippen LogP contribution in [0.5, 0.6) is 11.5 Å². The van der Waals surface area contributed by atoms with E-state index in [0.29, 0.717) is 11.3 Å². The minimum Gasteiger partial charge on any atom is -0.497 e. The van der Waals surface area contributed by atoms with E-state index in [1.54, 1.807) is 6.07 Å². The highest BCUT2D eigenvalue weighted by Crippen LogP contribution is 2.25. The molecule has 1 amide bonds. The van der Waals surface area contributed by atoms with Gasteiger partial charge in [0.15, 0.2) is 0 Å². The van der Waals surface area contributed by atoms with Gasteiger partial charge in [-0.25, -0.2) is 0 Å². The fraction of sp³-hybridized carbons (Fsp3) is 0.500. The zero-order valence-electron chi connectivity index (χ0n) is 12.1. The molecule has 0 spiro atoms. The van der Waals surface area contributed by atoms with Gasteiger partial charge in [-0.15, -0.1) is 12.4 Å². The Bertz CT molecular complexity index is 497. The Hall–Kier alpha value is -1.60. The van der Waals surface area contributed by atoms with Gasteiger partial charge in [0.05, 0.1) is 13.2 Å². The van der Waals surface area contributed by atoms with Crippen molar-refractivity contribution in [3.63, 3.8) is 0 Å². The van der Waals surface area contributed by atoms with Gasteiger partial charge in [-0.3, -0.25) is 4.79 Å². The van der Waals surface area contributed by atoms with Crippen LogP contribution >= 0.6 is 12.4 Å². The summed E-state index contributed by atoms with van der Waals surface area (Å²) in [6.07, 6.45) is 1.74. The first kappa shape index (κ1) is 18.4. The van der Waals surface area contributed by atoms with E-state index in [0.717, 1.165) is 19.4 Å². The Kier molecular flexibility index (Phi) is 7.34. The number of methoxy groups -OCH3 is 1. The molecule has 1 fully saturated rings. The third kappa shape index (κ3) is 4.99. The van der Waals surface area contributed by atoms with E-state index in [9.17, 15) is 13.6 Å². The maximum Gasteiger partial charge on any atom is 0.387 e. The van der Waals surface area contributed by atoms with Crippen molar-refractivity contribution in [2.75, 3.05) is 13.7 Å². The van der Waals surface area contributed by atoms with Crippen molar-refractivity contribution in [1.82, 2.24) is 10.6 Å². The standard InChI is InChI=1S/C14H18F2N2O3.ClH/c1-20-10-4-5-12(21-14(15)16)9(7-10)8-18-13(19)11-3-2-6-17-11;/h4-5,7,11,14,17H,2-3,6,8H2,1H3,(H,18,19);1H. The lowest BCUT2D eigenvalue weighted by Crippen LogP contribution is -2.40. The van der Waals surface area contributed by atoms with Gasteiger partial charge in [-0.1, -0.05) is 0 Å². The molecule has 5 nitrogen and oxygen atoms in total. The molecule has 22 heavy (non-hydrogen) atoms. The Morgan fingerprint density at radius 3 is 2.86 bits per heavy atom. The molecule has 8 heteroatoms. The Labute approximate surface area is 133 Å². The normalized spacial score (nSPS) is 17.0. The van der Waals surface area contributed by atoms with Crippen molar-refractivity contribution in [3.8, 4) is 11.5 Å². The van der Waals surface area contributed by atoms with E-state index < -0.39 is 6.61 Å². The molecule has 0 aromatic heterocycles. The minimum atomic E-state index is -2.91. The molecule has 1 aromatic rings. The molecule has 0 saturated carbocycles. The molecular weight excluding hydrogens is 318 g/mol. The largest absolute Gasteiger partial charge is 0.497 e. The summed E-state index contributed by atoms with van der Waals surface area (Å²) in [6, 6.07) is 4.29. The average Bonchev–Trinajstić information content (AvgIpc) is 2.99. The summed E-state index contributed by atoms with van der Waals surface area (Å²) in [5.74, 6) is 0.406. The molecule has 0 bridgehead atoms. The second kappa shape index (κ2) is 8.75. The first-order valence-corrected chi connectivity index (χ1v) is 6.73. The summed E-state index contributed by atoms with van der Waals surface area (Å²) < 4.78 is 34.3. The number of amides is 1. The highest BCUT2D eigenvalue weighted by atomic mass is 35.5. The van der Waals surface area contributed by atoms with Crippen LogP contribution in [0, 0.1) is 0 Å². The molecule has 1 aliphatic heterocycles. The Morgan fingerprint density at radius 1 is 1.50 bits per heavy atom. The van der Waals surface area contributed by atoms with Crippen molar-refractivity contribution in [2.24, 2.45) is 0 Å². The third-order valence-electron chi connectivity index (χ3n) is 3.31. The van der Waals surface area contributed by atoms with E-state index in [-0.39, 0.29) is 36.7 Å². The number of nitrogens with one attached hydrogen (secondary N) is 2. The van der Waals surface area contributed by atoms with Gasteiger partial charge in [0.25, 0.3) is 0 Å². The maximum atomic E-state index is 12.4. The number of halogens is 3. The number of carbonyl (C=O) groups is 1. The van der Waals surface area contributed by atoms with E-state index in [4.69, 9.17) is 4.74 Å². The first-order chi connectivity index (χ1) is 10.1. The molecule has 124 valence electrons. The van der Waals surface area contributed by atoms with Crippen molar-refractivity contribution < 1.29 is 23.0 Å². The van der Waals surface area contributed by atoms with Crippen molar-refractivity contribution in [2.45, 2.75) is 32.0 Å². The summed E-state index contributed by atoms with van der Waals surface area (Å²) in [7, 11) is 1.48. The molecule has 0 radical (unpaired) electrons. The number of hydrogen-bond acceptors (Lipinski definition) is 4. The zero-order chi connectivity index (χ0) is 15.2. The summed E-state index contributed by atoms with van der Waals surface area (Å²) in [6.45, 7) is -1.99. The van der Waals surface area contributed by atoms with E-state index in [1.807, 2.05) is 0 Å². The molecule has 0 aliphatic carbocycles. The van der Waals surface area contributed by atoms with Crippen LogP contribution in [0.25, 0.3) is 0 Å². The van der Waals surface area contributed by atoms with E-state index in [1.165, 1.54) is 19.2 Å². The number of ether oxygens (including phenoxy) is 2. The predicted molar refractivity (Wildman–Crippen MR) is 79.7 cm³/mol. The van der Waals surface area contributed by atoms with Gasteiger partial charge in [0.2, 0.25) is 5.91 Å². The molecule has 1 aromatic carbocycles. The molecule has 1 saturated heterocycles. The third-order valence-corrected chi connectivity index (χ3v) is 3.31. The van der Waals surface area contributed by atoms with Crippen LogP contribution in [0.3, 0.4) is 0 Å². The van der Waals surface area contributed by atoms with Gasteiger partial charge >= 0.3 is 6.61 Å². The fourth-order valence-corrected chi connectivity index (χ4v) is 2.25. The second-order valence-electron chi connectivity index (χ2n) is 4.72. The highest BCUT2D eigenvalue weighted by Gasteiger charge is 2.22. The van der Waals surface area contributed by atoms with Crippen LogP contribution < -0.4 is 20.1 Å². The highest BCUT2D eigenvalue weighted by molar-refractivity contribution is 5.85. The summed E-state index contributed by atoms with van der Waals surface area (Å²) in [4.78, 5) is 11.9. The molecular formula is C14H19ClF2N2O3. The van der Waals surface area contributed by atoms with Gasteiger partial charge in [0.1, 0.15) is 11.5 Å². The summed E-state index contributed by atoms with van der Waals surface area (Å²) >= 11 is 0. The first-order valence-electron chi connectivity index (χ1n) is 6.73. The van der Waals surface area contributed by atoms with Gasteiger partial charge < -0.3 is 20.1 Å². The van der Waals surface area contributed by atoms with Crippen LogP contribution in [0.4, 0.5) is 8.78 Å². The van der Waals surface area contributed by atoms with Crippen molar-refractivity contribution >= 4 is 18.3 Å². The van der Waals surface area contributed by atoms with Crippen LogP contribution in [0.1, 0.15) is 18.4 Å². The summed E-state index contributed by atoms with van der Waals surface area (Å²) in [5.41, 5.74) is 0.445. The molecule has 1 atom stereocenters. The van der Waals surface area contributed by atoms with Crippen molar-refractivity contribution in [1.29, 1.82) is 0 Å². The minimum absolute atomic E-state index is 0. The number of benzene rings is 1. The molecule has 2 rings (SSSR count). The Morgan fingerprint density at radius 2 is 2.27 bits per heavy atom. The smallest absolute Gasteiger partial charge is 0.387 e. The lowest BCUT2D eigenvalue weighted by Gasteiger charge is -2.15. The monoisotopic (exact) mass is 336 g/mol. The molecule has 1 aliphatic rings. The average molecular weight is 337 g/mol. The topological polar surface area (TPSA) is 59.6 Å². The lowest BCUT2D eigenvalue weighted by atomic mass is 10.1. The number of alkyl halides is 2. The predicted octanol–water partition coefficient (Wildman–Crippen LogP) is 2.09. The quantitative estimate of drug-likeness (QED) is 0.835. The van der Waals surface area contributed by atoms with Gasteiger partial charge in [-0.05, 0) is 37.6 Å². The second-order valence-corrected chi connectivity index (χ2v) is 4.72. The number of rotatable bonds is 6. The number of carbonyl (C=O) groups excluding carboxylic acids is 1. The van der Waals surface area contributed by atoms with Gasteiger partial charge in [-0.2, -0.15) is 8.78 Å². The molecule has 1 unspecified atom stereocenters. The summed E-state index contributed by atoms with van der Waals surface area (Å²) in [5, 5.41) is 5.80. The van der Waals surface area contributed by atoms with Crippen LogP contribution in [0.15, 0.2) is 18.2 Å². The lowest BCUT2D eigenvalue weighted by molar-refractivity contribution is -0.122. The fourth-order valence-electron chi connectivity index (χ4n) is 2.25. The van der Waals surface area contributed by atoms with Crippen LogP contribution in [-0.2, 0) is 11.3 Å². The van der Waals surface area contributed by atoms with Crippen LogP contribution in [-0.4, -0.2) is 32.2 Å². The van der Waals surface area contributed by atoms with Crippen LogP contribution in [0.2, 0.25) is 0 Å². The Balaban J connectivity index is 0.00000242. The molecule has 2 N–H and O–H groups in total. The van der Waals surface area contributed by atoms with Crippen molar-refractivity contribution in [3.05, 3.63) is 23.8 Å². The van der Waals surface area contributed by atoms with Gasteiger partial charge in [0, 0.05) is 12.1 Å². The SMILES string of the molecule is COc1ccc(OC(F)F)c(CNC(=O)C2CCCN2)c1.Cl. The van der Waals surface area contributed by atoms with E-state index >= 15 is 0 Å².